The second-order valence-corrected chi connectivity index (χ2v) is 8.20. The number of rotatable bonds is 6. The van der Waals surface area contributed by atoms with Crippen LogP contribution in [-0.2, 0) is 25.7 Å². The van der Waals surface area contributed by atoms with Crippen LogP contribution in [0.4, 0.5) is 36.7 Å². The molecule has 17 heteroatoms. The van der Waals surface area contributed by atoms with E-state index >= 15 is 0 Å². The third-order valence-corrected chi connectivity index (χ3v) is 5.46. The number of nitrogens with zero attached hydrogens (tertiary/aromatic N) is 4. The van der Waals surface area contributed by atoms with Gasteiger partial charge in [-0.25, -0.2) is 23.9 Å². The van der Waals surface area contributed by atoms with Gasteiger partial charge in [-0.2, -0.15) is 26.3 Å². The van der Waals surface area contributed by atoms with Gasteiger partial charge in [0, 0.05) is 38.0 Å². The fourth-order valence-electron chi connectivity index (χ4n) is 3.63. The smallest absolute Gasteiger partial charge is 0.475 e. The molecule has 3 atom stereocenters. The van der Waals surface area contributed by atoms with Gasteiger partial charge >= 0.3 is 24.3 Å². The zero-order chi connectivity index (χ0) is 29.2. The van der Waals surface area contributed by atoms with Crippen molar-refractivity contribution < 1.29 is 60.0 Å². The number of carboxylic acid groups (broad SMARTS) is 2. The molecule has 4 heterocycles. The molecule has 2 aromatic rings. The first kappa shape index (κ1) is 31.6. The van der Waals surface area contributed by atoms with Gasteiger partial charge in [0.2, 0.25) is 5.95 Å². The summed E-state index contributed by atoms with van der Waals surface area (Å²) in [4.78, 5) is 32.0. The first-order chi connectivity index (χ1) is 18.2. The number of ether oxygens (including phenoxy) is 2. The summed E-state index contributed by atoms with van der Waals surface area (Å²) in [6, 6.07) is 3.93. The van der Waals surface area contributed by atoms with Crippen LogP contribution in [0.5, 0.6) is 0 Å². The number of halogens is 7. The average Bonchev–Trinajstić information content (AvgIpc) is 3.44. The van der Waals surface area contributed by atoms with Crippen molar-refractivity contribution in [2.24, 2.45) is 11.8 Å². The standard InChI is InChI=1S/C18H21FN4O2.2C2HF3O2/c19-15-7-21-18(22-8-15)23-9-16-14(12-25-17(16)10-23)3-6-24-11-13-1-4-20-5-2-13;2*3-2(4,5)1(6)7/h1-2,4-5,7-8,14,16-17H,3,6,9-12H2;2*(H,6,7)/t14-,16-,17-;;/m0../s1. The molecule has 0 unspecified atom stereocenters. The van der Waals surface area contributed by atoms with E-state index in [9.17, 15) is 30.7 Å². The molecule has 0 saturated carbocycles. The Morgan fingerprint density at radius 1 is 1.00 bits per heavy atom. The molecule has 2 N–H and O–H groups in total. The lowest BCUT2D eigenvalue weighted by molar-refractivity contribution is -0.193. The van der Waals surface area contributed by atoms with E-state index in [2.05, 4.69) is 19.9 Å². The number of aliphatic carboxylic acids is 2. The normalized spacial score (nSPS) is 20.3. The van der Waals surface area contributed by atoms with Crippen molar-refractivity contribution in [1.82, 2.24) is 15.0 Å². The zero-order valence-corrected chi connectivity index (χ0v) is 19.9. The van der Waals surface area contributed by atoms with Crippen LogP contribution in [0, 0.1) is 17.7 Å². The highest BCUT2D eigenvalue weighted by Gasteiger charge is 2.44. The number of hydrogen-bond donors (Lipinski definition) is 2. The summed E-state index contributed by atoms with van der Waals surface area (Å²) in [6.07, 6.45) is -3.01. The van der Waals surface area contributed by atoms with Crippen molar-refractivity contribution in [1.29, 1.82) is 0 Å². The third-order valence-electron chi connectivity index (χ3n) is 5.46. The Labute approximate surface area is 216 Å². The lowest BCUT2D eigenvalue weighted by Crippen LogP contribution is -2.26. The molecule has 2 aliphatic rings. The maximum Gasteiger partial charge on any atom is 0.490 e. The number of carbonyl (C=O) groups is 2. The highest BCUT2D eigenvalue weighted by atomic mass is 19.4. The largest absolute Gasteiger partial charge is 0.490 e. The topological polar surface area (TPSA) is 135 Å². The maximum atomic E-state index is 13.0. The van der Waals surface area contributed by atoms with Crippen LogP contribution in [0.1, 0.15) is 12.0 Å². The predicted octanol–water partition coefficient (Wildman–Crippen LogP) is 3.34. The van der Waals surface area contributed by atoms with Crippen molar-refractivity contribution >= 4 is 17.9 Å². The van der Waals surface area contributed by atoms with E-state index in [4.69, 9.17) is 29.3 Å². The summed E-state index contributed by atoms with van der Waals surface area (Å²) < 4.78 is 88.2. The first-order valence-corrected chi connectivity index (χ1v) is 11.1. The molecular weight excluding hydrogens is 549 g/mol. The Bertz CT molecular complexity index is 1030. The summed E-state index contributed by atoms with van der Waals surface area (Å²) in [6.45, 7) is 3.73. The first-order valence-electron chi connectivity index (χ1n) is 11.1. The second kappa shape index (κ2) is 14.0. The Morgan fingerprint density at radius 2 is 1.54 bits per heavy atom. The molecule has 2 fully saturated rings. The third kappa shape index (κ3) is 10.6. The molecule has 0 aromatic carbocycles. The molecule has 2 aliphatic heterocycles. The number of anilines is 1. The number of alkyl halides is 6. The molecule has 0 bridgehead atoms. The second-order valence-electron chi connectivity index (χ2n) is 8.20. The van der Waals surface area contributed by atoms with Crippen LogP contribution in [0.2, 0.25) is 0 Å². The predicted molar refractivity (Wildman–Crippen MR) is 117 cm³/mol. The molecular formula is C22H23F7N4O6. The SMILES string of the molecule is Fc1cnc(N2C[C@H]3[C@@H](CCOCc4ccncc4)CO[C@H]3C2)nc1.O=C(O)C(F)(F)F.O=C(O)C(F)(F)F. The van der Waals surface area contributed by atoms with E-state index in [1.165, 1.54) is 12.4 Å². The summed E-state index contributed by atoms with van der Waals surface area (Å²) in [5, 5.41) is 14.2. The van der Waals surface area contributed by atoms with Crippen LogP contribution < -0.4 is 4.90 Å². The van der Waals surface area contributed by atoms with Crippen LogP contribution in [0.3, 0.4) is 0 Å². The molecule has 4 rings (SSSR count). The van der Waals surface area contributed by atoms with Gasteiger partial charge in [0.25, 0.3) is 0 Å². The molecule has 39 heavy (non-hydrogen) atoms. The summed E-state index contributed by atoms with van der Waals surface area (Å²) in [7, 11) is 0. The minimum atomic E-state index is -5.08. The summed E-state index contributed by atoms with van der Waals surface area (Å²) >= 11 is 0. The number of carboxylic acids is 2. The van der Waals surface area contributed by atoms with Crippen molar-refractivity contribution in [2.75, 3.05) is 31.2 Å². The van der Waals surface area contributed by atoms with Crippen LogP contribution >= 0.6 is 0 Å². The maximum absolute atomic E-state index is 13.0. The Kier molecular flexibility index (Phi) is 11.3. The van der Waals surface area contributed by atoms with Crippen molar-refractivity contribution in [3.8, 4) is 0 Å². The number of aromatic nitrogens is 3. The summed E-state index contributed by atoms with van der Waals surface area (Å²) in [5.74, 6) is -4.42. The quantitative estimate of drug-likeness (QED) is 0.392. The minimum absolute atomic E-state index is 0.207. The molecule has 0 radical (unpaired) electrons. The van der Waals surface area contributed by atoms with Gasteiger partial charge in [-0.05, 0) is 30.0 Å². The number of pyridine rings is 1. The Hall–Kier alpha value is -3.60. The van der Waals surface area contributed by atoms with Crippen molar-refractivity contribution in [2.45, 2.75) is 31.5 Å². The highest BCUT2D eigenvalue weighted by molar-refractivity contribution is 5.73. The van der Waals surface area contributed by atoms with Gasteiger partial charge in [-0.15, -0.1) is 0 Å². The molecule has 2 aromatic heterocycles. The molecule has 10 nitrogen and oxygen atoms in total. The zero-order valence-electron chi connectivity index (χ0n) is 19.9. The van der Waals surface area contributed by atoms with E-state index in [0.29, 0.717) is 31.0 Å². The lowest BCUT2D eigenvalue weighted by Gasteiger charge is -2.19. The van der Waals surface area contributed by atoms with E-state index in [1.54, 1.807) is 12.4 Å². The minimum Gasteiger partial charge on any atom is -0.475 e. The van der Waals surface area contributed by atoms with Gasteiger partial charge < -0.3 is 24.6 Å². The number of fused-ring (bicyclic) bond motifs is 1. The van der Waals surface area contributed by atoms with Crippen LogP contribution in [-0.4, -0.2) is 81.9 Å². The van der Waals surface area contributed by atoms with E-state index in [1.807, 2.05) is 12.1 Å². The number of hydrogen-bond acceptors (Lipinski definition) is 8. The Morgan fingerprint density at radius 3 is 2.05 bits per heavy atom. The fourth-order valence-corrected chi connectivity index (χ4v) is 3.63. The molecule has 0 amide bonds. The lowest BCUT2D eigenvalue weighted by atomic mass is 9.91. The molecule has 2 saturated heterocycles. The van der Waals surface area contributed by atoms with Crippen molar-refractivity contribution in [3.63, 3.8) is 0 Å². The van der Waals surface area contributed by atoms with E-state index < -0.39 is 30.1 Å². The van der Waals surface area contributed by atoms with E-state index in [-0.39, 0.29) is 6.10 Å². The summed E-state index contributed by atoms with van der Waals surface area (Å²) in [5.41, 5.74) is 1.14. The molecule has 216 valence electrons. The van der Waals surface area contributed by atoms with E-state index in [0.717, 1.165) is 31.7 Å². The molecule has 0 aliphatic carbocycles. The Balaban J connectivity index is 0.000000317. The average molecular weight is 572 g/mol. The van der Waals surface area contributed by atoms with Gasteiger partial charge in [-0.1, -0.05) is 0 Å². The monoisotopic (exact) mass is 572 g/mol. The van der Waals surface area contributed by atoms with Crippen LogP contribution in [0.25, 0.3) is 0 Å². The fraction of sp³-hybridized carbons (Fsp3) is 0.500. The van der Waals surface area contributed by atoms with Gasteiger partial charge in [-0.3, -0.25) is 4.98 Å². The molecule has 0 spiro atoms. The van der Waals surface area contributed by atoms with Gasteiger partial charge in [0.05, 0.1) is 31.7 Å². The van der Waals surface area contributed by atoms with Gasteiger partial charge in [0.1, 0.15) is 0 Å². The van der Waals surface area contributed by atoms with Gasteiger partial charge in [0.15, 0.2) is 5.82 Å². The highest BCUT2D eigenvalue weighted by Crippen LogP contribution is 2.36. The van der Waals surface area contributed by atoms with Crippen molar-refractivity contribution in [3.05, 3.63) is 48.3 Å². The van der Waals surface area contributed by atoms with Crippen LogP contribution in [0.15, 0.2) is 36.9 Å².